The molecule has 0 heterocycles. The minimum atomic E-state index is -9.75. The number of rotatable bonds is 12. The van der Waals surface area contributed by atoms with E-state index in [1.807, 2.05) is 14.1 Å². The highest BCUT2D eigenvalue weighted by Crippen LogP contribution is 2.67. The monoisotopic (exact) mass is 761 g/mol. The minimum Gasteiger partial charge on any atom is -0.323 e. The molecular weight excluding hydrogens is 753 g/mol. The van der Waals surface area contributed by atoms with Crippen molar-refractivity contribution in [3.05, 3.63) is 0 Å². The third-order valence-electron chi connectivity index (χ3n) is 4.48. The molecule has 0 fully saturated rings. The first-order valence-corrected chi connectivity index (χ1v) is 10.7. The summed E-state index contributed by atoms with van der Waals surface area (Å²) in [4.78, 5) is 0. The molecule has 0 bridgehead atoms. The van der Waals surface area contributed by atoms with Gasteiger partial charge in [-0.2, -0.15) is 122 Å². The van der Waals surface area contributed by atoms with Crippen LogP contribution in [0, 0.1) is 0 Å². The fourth-order valence-electron chi connectivity index (χ4n) is 2.12. The predicted molar refractivity (Wildman–Crippen MR) is 88.1 cm³/mol. The summed E-state index contributed by atoms with van der Waals surface area (Å²) >= 11 is 0. The maximum Gasteiger partial charge on any atom is 0.460 e. The number of nitrogens with one attached hydrogen (secondary N) is 1. The predicted octanol–water partition coefficient (Wildman–Crippen LogP) is 7.15. The molecule has 0 aromatic carbocycles. The van der Waals surface area contributed by atoms with Crippen molar-refractivity contribution in [2.75, 3.05) is 14.1 Å². The van der Waals surface area contributed by atoms with Crippen molar-refractivity contribution in [3.8, 4) is 0 Å². The molecule has 0 aromatic heterocycles. The zero-order valence-corrected chi connectivity index (χ0v) is 20.8. The summed E-state index contributed by atoms with van der Waals surface area (Å²) in [6.45, 7) is 0. The van der Waals surface area contributed by atoms with Gasteiger partial charge in [-0.3, -0.25) is 4.55 Å². The molecule has 2 N–H and O–H groups in total. The maximum atomic E-state index is 13.5. The van der Waals surface area contributed by atoms with Crippen LogP contribution >= 0.6 is 0 Å². The molecule has 0 aliphatic heterocycles. The van der Waals surface area contributed by atoms with Gasteiger partial charge < -0.3 is 5.32 Å². The molecule has 0 rings (SSSR count). The van der Waals surface area contributed by atoms with Gasteiger partial charge in [0.25, 0.3) is 0 Å². The number of hydrogen-bond acceptors (Lipinski definition) is 4. The molecule has 5 nitrogen and oxygen atoms in total. The lowest BCUT2D eigenvalue weighted by molar-refractivity contribution is -0.486. The van der Waals surface area contributed by atoms with Crippen molar-refractivity contribution < 1.29 is 127 Å². The molecule has 0 unspecified atom stereocenters. The lowest BCUT2D eigenvalue weighted by atomic mass is 9.85. The van der Waals surface area contributed by atoms with E-state index in [0.717, 1.165) is 0 Å². The first-order valence-electron chi connectivity index (χ1n) is 9.36. The maximum absolute atomic E-state index is 13.5. The molecule has 0 amide bonds. The third-order valence-corrected chi connectivity index (χ3v) is 4.90. The molecule has 274 valence electrons. The first-order chi connectivity index (χ1) is 18.9. The average Bonchev–Trinajstić information content (AvgIpc) is 2.75. The van der Waals surface area contributed by atoms with Crippen molar-refractivity contribution in [1.82, 2.24) is 5.32 Å². The molecule has 45 heavy (non-hydrogen) atoms. The Hall–Kier alpha value is -1.92. The summed E-state index contributed by atoms with van der Waals surface area (Å²) in [5, 5.41) is 2.75. The van der Waals surface area contributed by atoms with Gasteiger partial charge in [-0.15, -0.1) is 0 Å². The Morgan fingerprint density at radius 1 is 0.400 bits per heavy atom. The van der Waals surface area contributed by atoms with Gasteiger partial charge in [0, 0.05) is 0 Å². The molecule has 0 saturated carbocycles. The largest absolute Gasteiger partial charge is 0.460 e. The molecule has 0 radical (unpaired) electrons. The van der Waals surface area contributed by atoms with Crippen molar-refractivity contribution >= 4 is 10.4 Å². The van der Waals surface area contributed by atoms with Crippen molar-refractivity contribution in [1.29, 1.82) is 0 Å². The molecule has 0 saturated heterocycles. The van der Waals surface area contributed by atoms with E-state index < -0.39 is 81.9 Å². The van der Waals surface area contributed by atoms with E-state index in [0.29, 0.717) is 0 Å². The molecule has 0 atom stereocenters. The quantitative estimate of drug-likeness (QED) is 0.163. The molecule has 0 spiro atoms. The van der Waals surface area contributed by atoms with Crippen molar-refractivity contribution in [2.45, 2.75) is 71.5 Å². The Balaban J connectivity index is 0. The second kappa shape index (κ2) is 11.6. The van der Waals surface area contributed by atoms with Gasteiger partial charge in [0.2, 0.25) is 0 Å². The van der Waals surface area contributed by atoms with Crippen molar-refractivity contribution in [3.63, 3.8) is 0 Å². The van der Waals surface area contributed by atoms with E-state index in [1.54, 1.807) is 0 Å². The van der Waals surface area contributed by atoms with E-state index in [9.17, 15) is 118 Å². The number of alkyl halides is 25. The summed E-state index contributed by atoms with van der Waals surface area (Å²) in [5.41, 5.74) is 0. The minimum absolute atomic E-state index is 1.42. The number of hydrogen-bond donors (Lipinski definition) is 2. The smallest absolute Gasteiger partial charge is 0.323 e. The van der Waals surface area contributed by atoms with Crippen LogP contribution in [0.25, 0.3) is 0 Å². The standard InChI is InChI=1S/C12HF25O4S.C2H7N/c13-1(14,3(17,18)5(21,22)7(25,26)9(29,30)11(33,34)35)2(15,16)4(19,20)6(23,24)8(27,28)10(31,32)12(36,37)41-42(38,39)40;1-3-2/h(H,38,39,40);3H,1-2H3. The molecule has 0 aliphatic carbocycles. The fourth-order valence-corrected chi connectivity index (χ4v) is 2.49. The summed E-state index contributed by atoms with van der Waals surface area (Å²) in [5.74, 6) is -93.8. The average molecular weight is 761 g/mol. The second-order valence-corrected chi connectivity index (χ2v) is 8.79. The summed E-state index contributed by atoms with van der Waals surface area (Å²) in [6, 6.07) is 0. The van der Waals surface area contributed by atoms with Gasteiger partial charge in [0.05, 0.1) is 0 Å². The van der Waals surface area contributed by atoms with Gasteiger partial charge in [-0.25, -0.2) is 0 Å². The van der Waals surface area contributed by atoms with Crippen LogP contribution < -0.4 is 5.32 Å². The highest BCUT2D eigenvalue weighted by molar-refractivity contribution is 7.80. The molecular formula is C14H8F25NO4S. The number of halogens is 25. The van der Waals surface area contributed by atoms with Crippen LogP contribution in [-0.4, -0.2) is 98.6 Å². The Morgan fingerprint density at radius 2 is 0.556 bits per heavy atom. The van der Waals surface area contributed by atoms with E-state index in [2.05, 4.69) is 5.32 Å². The lowest BCUT2D eigenvalue weighted by Crippen LogP contribution is -2.78. The van der Waals surface area contributed by atoms with E-state index in [4.69, 9.17) is 4.55 Å². The Kier molecular flexibility index (Phi) is 11.7. The molecule has 0 aliphatic rings. The summed E-state index contributed by atoms with van der Waals surface area (Å²) in [7, 11) is -3.54. The van der Waals surface area contributed by atoms with E-state index in [-0.39, 0.29) is 0 Å². The fraction of sp³-hybridized carbons (Fsp3) is 1.00. The van der Waals surface area contributed by atoms with Crippen LogP contribution in [0.5, 0.6) is 0 Å². The Bertz CT molecular complexity index is 1140. The van der Waals surface area contributed by atoms with Crippen LogP contribution in [0.3, 0.4) is 0 Å². The first kappa shape index (κ1) is 45.2. The molecule has 31 heteroatoms. The highest BCUT2D eigenvalue weighted by atomic mass is 32.3. The zero-order chi connectivity index (χ0) is 37.9. The van der Waals surface area contributed by atoms with Crippen LogP contribution in [0.4, 0.5) is 110 Å². The van der Waals surface area contributed by atoms with Gasteiger partial charge in [0.15, 0.2) is 0 Å². The van der Waals surface area contributed by atoms with Gasteiger partial charge in [-0.05, 0) is 14.1 Å². The SMILES string of the molecule is CNC.O=S(=O)(O)OC(F)(F)C(F)(F)C(F)(F)C(F)(F)C(F)(F)C(F)(F)C(F)(F)C(F)(F)C(F)(F)C(F)(F)C(F)(F)C(F)(F)F. The van der Waals surface area contributed by atoms with Gasteiger partial charge in [-0.1, -0.05) is 0 Å². The van der Waals surface area contributed by atoms with E-state index in [1.165, 1.54) is 4.18 Å². The summed E-state index contributed by atoms with van der Waals surface area (Å²) in [6.07, 6.45) is -16.3. The van der Waals surface area contributed by atoms with E-state index >= 15 is 0 Å². The van der Waals surface area contributed by atoms with Crippen LogP contribution in [0.2, 0.25) is 0 Å². The molecule has 0 aromatic rings. The lowest BCUT2D eigenvalue weighted by Gasteiger charge is -2.45. The normalized spacial score (nSPS) is 16.4. The van der Waals surface area contributed by atoms with Crippen LogP contribution in [0.15, 0.2) is 0 Å². The van der Waals surface area contributed by atoms with Gasteiger partial charge in [0.1, 0.15) is 0 Å². The highest BCUT2D eigenvalue weighted by Gasteiger charge is 2.99. The van der Waals surface area contributed by atoms with Crippen molar-refractivity contribution in [2.24, 2.45) is 0 Å². The third kappa shape index (κ3) is 6.36. The van der Waals surface area contributed by atoms with Crippen LogP contribution in [0.1, 0.15) is 0 Å². The zero-order valence-electron chi connectivity index (χ0n) is 20.0. The Morgan fingerprint density at radius 3 is 0.711 bits per heavy atom. The topological polar surface area (TPSA) is 75.6 Å². The van der Waals surface area contributed by atoms with Gasteiger partial charge >= 0.3 is 81.9 Å². The summed E-state index contributed by atoms with van der Waals surface area (Å²) < 4.78 is 357. The Labute approximate surface area is 229 Å². The van der Waals surface area contributed by atoms with Crippen LogP contribution in [-0.2, 0) is 14.6 Å². The second-order valence-electron chi connectivity index (χ2n) is 7.77.